The maximum absolute atomic E-state index is 12.3. The van der Waals surface area contributed by atoms with Crippen molar-refractivity contribution in [1.82, 2.24) is 20.0 Å². The Morgan fingerprint density at radius 3 is 2.61 bits per heavy atom. The Morgan fingerprint density at radius 2 is 1.79 bits per heavy atom. The van der Waals surface area contributed by atoms with Crippen molar-refractivity contribution in [2.75, 3.05) is 52.9 Å². The lowest BCUT2D eigenvalue weighted by Gasteiger charge is -2.57. The first-order valence-electron chi connectivity index (χ1n) is 12.2. The summed E-state index contributed by atoms with van der Waals surface area (Å²) in [5.41, 5.74) is 0. The molecule has 4 fully saturated rings. The van der Waals surface area contributed by atoms with Crippen molar-refractivity contribution in [3.05, 3.63) is 0 Å². The normalized spacial score (nSPS) is 34.3. The summed E-state index contributed by atoms with van der Waals surface area (Å²) in [6, 6.07) is 1.52. The van der Waals surface area contributed by atoms with E-state index >= 15 is 0 Å². The van der Waals surface area contributed by atoms with Crippen LogP contribution < -0.4 is 5.32 Å². The molecule has 4 aliphatic heterocycles. The van der Waals surface area contributed by atoms with Crippen LogP contribution in [0.15, 0.2) is 0 Å². The second-order valence-corrected chi connectivity index (χ2v) is 9.89. The van der Waals surface area contributed by atoms with Crippen molar-refractivity contribution in [1.29, 1.82) is 0 Å². The maximum atomic E-state index is 12.3. The Balaban J connectivity index is 1.17. The van der Waals surface area contributed by atoms with Gasteiger partial charge in [0.1, 0.15) is 0 Å². The monoisotopic (exact) mass is 390 g/mol. The summed E-state index contributed by atoms with van der Waals surface area (Å²) in [5, 5.41) is 3.16. The van der Waals surface area contributed by atoms with Crippen LogP contribution >= 0.6 is 0 Å². The summed E-state index contributed by atoms with van der Waals surface area (Å²) < 4.78 is 0. The first-order chi connectivity index (χ1) is 13.7. The lowest BCUT2D eigenvalue weighted by Crippen LogP contribution is -2.63. The molecule has 0 radical (unpaired) electrons. The molecule has 0 spiro atoms. The molecule has 5 nitrogen and oxygen atoms in total. The van der Waals surface area contributed by atoms with Crippen LogP contribution in [0.2, 0.25) is 0 Å². The number of rotatable bonds is 8. The fourth-order valence-electron chi connectivity index (χ4n) is 6.74. The summed E-state index contributed by atoms with van der Waals surface area (Å²) in [6.07, 6.45) is 12.3. The number of hydrogen-bond acceptors (Lipinski definition) is 4. The van der Waals surface area contributed by atoms with Gasteiger partial charge in [0.15, 0.2) is 0 Å². The van der Waals surface area contributed by atoms with E-state index < -0.39 is 0 Å². The first-order valence-corrected chi connectivity index (χ1v) is 12.2. The van der Waals surface area contributed by atoms with Gasteiger partial charge in [-0.05, 0) is 109 Å². The lowest BCUT2D eigenvalue weighted by molar-refractivity contribution is -0.121. The zero-order chi connectivity index (χ0) is 19.3. The summed E-state index contributed by atoms with van der Waals surface area (Å²) in [4.78, 5) is 20.2. The minimum atomic E-state index is 0.265. The van der Waals surface area contributed by atoms with E-state index in [0.29, 0.717) is 12.5 Å². The van der Waals surface area contributed by atoms with Gasteiger partial charge in [-0.2, -0.15) is 0 Å². The number of likely N-dealkylation sites (tertiary alicyclic amines) is 2. The van der Waals surface area contributed by atoms with Crippen LogP contribution in [0.3, 0.4) is 0 Å². The van der Waals surface area contributed by atoms with Crippen LogP contribution in [-0.2, 0) is 4.79 Å². The van der Waals surface area contributed by atoms with E-state index in [4.69, 9.17) is 0 Å². The molecular weight excluding hydrogens is 348 g/mol. The van der Waals surface area contributed by atoms with Gasteiger partial charge in [0.25, 0.3) is 0 Å². The molecule has 0 unspecified atom stereocenters. The summed E-state index contributed by atoms with van der Waals surface area (Å²) in [6.45, 7) is 8.42. The van der Waals surface area contributed by atoms with Gasteiger partial charge in [0, 0.05) is 31.6 Å². The molecular formula is C23H42N4O. The lowest BCUT2D eigenvalue weighted by atomic mass is 9.69. The molecule has 0 aromatic rings. The van der Waals surface area contributed by atoms with Gasteiger partial charge >= 0.3 is 0 Å². The topological polar surface area (TPSA) is 38.8 Å². The molecule has 0 aliphatic carbocycles. The molecule has 1 N–H and O–H groups in total. The number of carbonyl (C=O) groups excluding carboxylic acids is 1. The van der Waals surface area contributed by atoms with Crippen LogP contribution in [0, 0.1) is 11.8 Å². The molecule has 0 aromatic carbocycles. The average Bonchev–Trinajstić information content (AvgIpc) is 3.21. The smallest absolute Gasteiger partial charge is 0.219 e. The third kappa shape index (κ3) is 4.91. The predicted octanol–water partition coefficient (Wildman–Crippen LogP) is 2.56. The number of nitrogens with zero attached hydrogens (tertiary/aromatic N) is 3. The number of amides is 1. The molecule has 0 aromatic heterocycles. The highest BCUT2D eigenvalue weighted by Crippen LogP contribution is 2.42. The van der Waals surface area contributed by atoms with Crippen LogP contribution in [0.25, 0.3) is 0 Å². The summed E-state index contributed by atoms with van der Waals surface area (Å²) in [7, 11) is 2.34. The standard InChI is InChI=1S/C23H42N4O/c1-25-18-19-8-5-16-27-17-6-9-20(23(19)27)21(25)10-4-11-22(28)24-12-7-15-26-13-2-3-14-26/h19-21,23H,2-18H2,1H3,(H,24,28)/t19-,20+,21+,23-/m0/s1. The van der Waals surface area contributed by atoms with Crippen LogP contribution in [0.4, 0.5) is 0 Å². The number of nitrogens with one attached hydrogen (secondary N) is 1. The molecule has 0 saturated carbocycles. The van der Waals surface area contributed by atoms with Crippen molar-refractivity contribution in [2.24, 2.45) is 11.8 Å². The fourth-order valence-corrected chi connectivity index (χ4v) is 6.74. The summed E-state index contributed by atoms with van der Waals surface area (Å²) >= 11 is 0. The molecule has 5 heteroatoms. The van der Waals surface area contributed by atoms with Crippen LogP contribution in [-0.4, -0.2) is 85.6 Å². The van der Waals surface area contributed by atoms with Gasteiger partial charge in [-0.25, -0.2) is 0 Å². The third-order valence-electron chi connectivity index (χ3n) is 8.00. The van der Waals surface area contributed by atoms with Crippen molar-refractivity contribution < 1.29 is 4.79 Å². The Kier molecular flexibility index (Phi) is 7.29. The van der Waals surface area contributed by atoms with E-state index in [1.54, 1.807) is 0 Å². The quantitative estimate of drug-likeness (QED) is 0.647. The largest absolute Gasteiger partial charge is 0.356 e. The van der Waals surface area contributed by atoms with Crippen LogP contribution in [0.5, 0.6) is 0 Å². The predicted molar refractivity (Wildman–Crippen MR) is 114 cm³/mol. The summed E-state index contributed by atoms with van der Waals surface area (Å²) in [5.74, 6) is 1.99. The second-order valence-electron chi connectivity index (χ2n) is 9.89. The molecule has 4 saturated heterocycles. The molecule has 28 heavy (non-hydrogen) atoms. The molecule has 4 aliphatic rings. The number of hydrogen-bond donors (Lipinski definition) is 1. The van der Waals surface area contributed by atoms with E-state index in [2.05, 4.69) is 27.1 Å². The van der Waals surface area contributed by atoms with Crippen molar-refractivity contribution >= 4 is 5.91 Å². The molecule has 160 valence electrons. The SMILES string of the molecule is CN1C[C@@H]2CCCN3CCC[C@@H]([C@H]23)[C@H]1CCCC(=O)NCCCN1CCCC1. The van der Waals surface area contributed by atoms with E-state index in [1.807, 2.05) is 0 Å². The van der Waals surface area contributed by atoms with Gasteiger partial charge < -0.3 is 15.1 Å². The highest BCUT2D eigenvalue weighted by molar-refractivity contribution is 5.75. The van der Waals surface area contributed by atoms with Crippen LogP contribution in [0.1, 0.15) is 64.2 Å². The number of piperidine rings is 3. The van der Waals surface area contributed by atoms with Crippen molar-refractivity contribution in [2.45, 2.75) is 76.3 Å². The van der Waals surface area contributed by atoms with E-state index in [-0.39, 0.29) is 5.91 Å². The third-order valence-corrected chi connectivity index (χ3v) is 8.00. The molecule has 1 amide bonds. The molecule has 4 atom stereocenters. The van der Waals surface area contributed by atoms with E-state index in [9.17, 15) is 4.79 Å². The minimum absolute atomic E-state index is 0.265. The Hall–Kier alpha value is -0.650. The van der Waals surface area contributed by atoms with Crippen molar-refractivity contribution in [3.63, 3.8) is 0 Å². The van der Waals surface area contributed by atoms with Gasteiger partial charge in [-0.15, -0.1) is 0 Å². The average molecular weight is 391 g/mol. The Bertz CT molecular complexity index is 505. The molecule has 4 heterocycles. The highest BCUT2D eigenvalue weighted by atomic mass is 16.1. The van der Waals surface area contributed by atoms with Crippen molar-refractivity contribution in [3.8, 4) is 0 Å². The minimum Gasteiger partial charge on any atom is -0.356 e. The van der Waals surface area contributed by atoms with Gasteiger partial charge in [-0.3, -0.25) is 9.69 Å². The Morgan fingerprint density at radius 1 is 1.00 bits per heavy atom. The number of carbonyl (C=O) groups is 1. The van der Waals surface area contributed by atoms with Gasteiger partial charge in [0.2, 0.25) is 5.91 Å². The Labute approximate surface area is 172 Å². The van der Waals surface area contributed by atoms with Gasteiger partial charge in [-0.1, -0.05) is 0 Å². The maximum Gasteiger partial charge on any atom is 0.219 e. The van der Waals surface area contributed by atoms with E-state index in [0.717, 1.165) is 43.8 Å². The molecule has 0 bridgehead atoms. The van der Waals surface area contributed by atoms with E-state index in [1.165, 1.54) is 77.7 Å². The highest BCUT2D eigenvalue weighted by Gasteiger charge is 2.47. The fraction of sp³-hybridized carbons (Fsp3) is 0.957. The second kappa shape index (κ2) is 9.90. The van der Waals surface area contributed by atoms with Gasteiger partial charge in [0.05, 0.1) is 0 Å². The zero-order valence-corrected chi connectivity index (χ0v) is 18.1. The zero-order valence-electron chi connectivity index (χ0n) is 18.1. The molecule has 4 rings (SSSR count). The first kappa shape index (κ1) is 20.6.